The molecule has 2 rings (SSSR count). The molecule has 0 saturated carbocycles. The van der Waals surface area contributed by atoms with Gasteiger partial charge in [0.05, 0.1) is 0 Å². The largest absolute Gasteiger partial charge is 0.323 e. The van der Waals surface area contributed by atoms with E-state index in [4.69, 9.17) is 0 Å². The van der Waals surface area contributed by atoms with E-state index >= 15 is 0 Å². The first-order chi connectivity index (χ1) is 11.1. The average molecular weight is 312 g/mol. The maximum Gasteiger partial charge on any atom is 0.323 e. The van der Waals surface area contributed by atoms with Crippen molar-refractivity contribution < 1.29 is 9.18 Å². The van der Waals surface area contributed by atoms with Crippen LogP contribution in [0.4, 0.5) is 14.9 Å². The molecule has 0 saturated heterocycles. The Morgan fingerprint density at radius 1 is 1.04 bits per heavy atom. The third-order valence-electron chi connectivity index (χ3n) is 3.60. The number of urea groups is 1. The molecule has 3 nitrogen and oxygen atoms in total. The summed E-state index contributed by atoms with van der Waals surface area (Å²) in [5.74, 6) is -0.281. The maximum absolute atomic E-state index is 12.8. The molecule has 0 aliphatic heterocycles. The zero-order valence-corrected chi connectivity index (χ0v) is 13.4. The second-order valence-corrected chi connectivity index (χ2v) is 5.14. The fourth-order valence-electron chi connectivity index (χ4n) is 2.34. The van der Waals surface area contributed by atoms with Gasteiger partial charge in [-0.05, 0) is 47.7 Å². The Kier molecular flexibility index (Phi) is 5.92. The molecule has 0 atom stereocenters. The summed E-state index contributed by atoms with van der Waals surface area (Å²) in [6, 6.07) is 11.8. The summed E-state index contributed by atoms with van der Waals surface area (Å²) >= 11 is 0. The molecule has 2 amide bonds. The smallest absolute Gasteiger partial charge is 0.314 e. The summed E-state index contributed by atoms with van der Waals surface area (Å²) in [4.78, 5) is 12.1. The first-order valence-corrected chi connectivity index (χ1v) is 7.74. The predicted octanol–water partition coefficient (Wildman–Crippen LogP) is 4.74. The van der Waals surface area contributed by atoms with Crippen LogP contribution in [-0.4, -0.2) is 6.03 Å². The molecule has 4 heteroatoms. The number of halogens is 1. The van der Waals surface area contributed by atoms with E-state index in [0.717, 1.165) is 35.2 Å². The number of aryl methyl sites for hydroxylation is 2. The summed E-state index contributed by atoms with van der Waals surface area (Å²) in [6.45, 7) is 4.12. The van der Waals surface area contributed by atoms with E-state index in [9.17, 15) is 9.18 Å². The lowest BCUT2D eigenvalue weighted by molar-refractivity contribution is 0.255. The summed E-state index contributed by atoms with van der Waals surface area (Å²) in [6.07, 6.45) is 4.97. The molecule has 0 fully saturated rings. The number of amides is 2. The number of hydrogen-bond donors (Lipinski definition) is 2. The summed E-state index contributed by atoms with van der Waals surface area (Å²) in [5, 5.41) is 5.59. The Hall–Kier alpha value is -2.62. The highest BCUT2D eigenvalue weighted by molar-refractivity contribution is 5.92. The van der Waals surface area contributed by atoms with Crippen LogP contribution in [0.15, 0.2) is 48.7 Å². The summed E-state index contributed by atoms with van der Waals surface area (Å²) in [7, 11) is 0. The van der Waals surface area contributed by atoms with E-state index in [1.807, 2.05) is 18.2 Å². The molecule has 2 aromatic rings. The fourth-order valence-corrected chi connectivity index (χ4v) is 2.34. The van der Waals surface area contributed by atoms with Crippen molar-refractivity contribution in [2.24, 2.45) is 0 Å². The van der Waals surface area contributed by atoms with Crippen molar-refractivity contribution in [2.75, 3.05) is 5.32 Å². The first kappa shape index (κ1) is 16.7. The van der Waals surface area contributed by atoms with Crippen LogP contribution < -0.4 is 10.6 Å². The molecular weight excluding hydrogens is 291 g/mol. The monoisotopic (exact) mass is 312 g/mol. The molecule has 120 valence electrons. The van der Waals surface area contributed by atoms with E-state index in [-0.39, 0.29) is 11.8 Å². The first-order valence-electron chi connectivity index (χ1n) is 7.74. The van der Waals surface area contributed by atoms with Gasteiger partial charge in [0.2, 0.25) is 0 Å². The lowest BCUT2D eigenvalue weighted by Crippen LogP contribution is -2.25. The minimum absolute atomic E-state index is 0.281. The van der Waals surface area contributed by atoms with Crippen molar-refractivity contribution in [2.45, 2.75) is 26.7 Å². The van der Waals surface area contributed by atoms with E-state index in [0.29, 0.717) is 0 Å². The quantitative estimate of drug-likeness (QED) is 0.822. The molecule has 0 unspecified atom stereocenters. The van der Waals surface area contributed by atoms with Crippen LogP contribution in [0.25, 0.3) is 6.08 Å². The summed E-state index contributed by atoms with van der Waals surface area (Å²) < 4.78 is 12.8. The van der Waals surface area contributed by atoms with Crippen LogP contribution in [0.3, 0.4) is 0 Å². The molecule has 0 spiro atoms. The van der Waals surface area contributed by atoms with Gasteiger partial charge in [0, 0.05) is 11.9 Å². The average Bonchev–Trinajstić information content (AvgIpc) is 2.57. The van der Waals surface area contributed by atoms with Gasteiger partial charge in [0.15, 0.2) is 0 Å². The highest BCUT2D eigenvalue weighted by atomic mass is 19.1. The number of nitrogens with one attached hydrogen (secondary N) is 2. The summed E-state index contributed by atoms with van der Waals surface area (Å²) in [5.41, 5.74) is 3.92. The van der Waals surface area contributed by atoms with Gasteiger partial charge in [0.25, 0.3) is 0 Å². The van der Waals surface area contributed by atoms with E-state index in [2.05, 4.69) is 24.5 Å². The zero-order chi connectivity index (χ0) is 16.7. The van der Waals surface area contributed by atoms with Crippen LogP contribution in [0, 0.1) is 5.82 Å². The van der Waals surface area contributed by atoms with Crippen molar-refractivity contribution >= 4 is 17.8 Å². The van der Waals surface area contributed by atoms with Crippen LogP contribution >= 0.6 is 0 Å². The molecule has 2 N–H and O–H groups in total. The van der Waals surface area contributed by atoms with E-state index < -0.39 is 0 Å². The van der Waals surface area contributed by atoms with Crippen LogP contribution in [0.2, 0.25) is 0 Å². The van der Waals surface area contributed by atoms with Gasteiger partial charge in [-0.1, -0.05) is 44.2 Å². The standard InChI is InChI=1S/C19H21FN2O/c1-3-15-6-5-7-16(4-2)18(15)22-19(23)21-13-12-14-8-10-17(20)11-9-14/h5-13H,3-4H2,1-2H3,(H2,21,22,23)/b13-12+. The Morgan fingerprint density at radius 3 is 2.22 bits per heavy atom. The normalized spacial score (nSPS) is 10.7. The molecular formula is C19H21FN2O. The van der Waals surface area contributed by atoms with Gasteiger partial charge in [-0.2, -0.15) is 0 Å². The SMILES string of the molecule is CCc1cccc(CC)c1NC(=O)N/C=C/c1ccc(F)cc1. The van der Waals surface area contributed by atoms with Gasteiger partial charge in [-0.3, -0.25) is 0 Å². The zero-order valence-electron chi connectivity index (χ0n) is 13.4. The van der Waals surface area contributed by atoms with Gasteiger partial charge < -0.3 is 10.6 Å². The van der Waals surface area contributed by atoms with Crippen molar-refractivity contribution in [1.82, 2.24) is 5.32 Å². The third kappa shape index (κ3) is 4.68. The molecule has 23 heavy (non-hydrogen) atoms. The van der Waals surface area contributed by atoms with Crippen LogP contribution in [-0.2, 0) is 12.8 Å². The second-order valence-electron chi connectivity index (χ2n) is 5.14. The second kappa shape index (κ2) is 8.13. The highest BCUT2D eigenvalue weighted by Crippen LogP contribution is 2.22. The topological polar surface area (TPSA) is 41.1 Å². The Balaban J connectivity index is 2.01. The number of hydrogen-bond acceptors (Lipinski definition) is 1. The van der Waals surface area contributed by atoms with Crippen molar-refractivity contribution in [3.05, 3.63) is 71.2 Å². The maximum atomic E-state index is 12.8. The van der Waals surface area contributed by atoms with E-state index in [1.165, 1.54) is 12.1 Å². The molecule has 2 aromatic carbocycles. The van der Waals surface area contributed by atoms with Crippen molar-refractivity contribution in [3.8, 4) is 0 Å². The highest BCUT2D eigenvalue weighted by Gasteiger charge is 2.08. The van der Waals surface area contributed by atoms with E-state index in [1.54, 1.807) is 24.4 Å². The van der Waals surface area contributed by atoms with Gasteiger partial charge in [0.1, 0.15) is 5.82 Å². The number of carbonyl (C=O) groups is 1. The molecule has 0 aliphatic rings. The molecule has 0 aromatic heterocycles. The minimum atomic E-state index is -0.293. The minimum Gasteiger partial charge on any atom is -0.314 e. The lowest BCUT2D eigenvalue weighted by Gasteiger charge is -2.14. The fraction of sp³-hybridized carbons (Fsp3) is 0.211. The van der Waals surface area contributed by atoms with Gasteiger partial charge in [-0.15, -0.1) is 0 Å². The molecule has 0 radical (unpaired) electrons. The van der Waals surface area contributed by atoms with Crippen molar-refractivity contribution in [3.63, 3.8) is 0 Å². The number of benzene rings is 2. The molecule has 0 heterocycles. The van der Waals surface area contributed by atoms with Crippen LogP contribution in [0.1, 0.15) is 30.5 Å². The Labute approximate surface area is 136 Å². The number of para-hydroxylation sites is 1. The number of anilines is 1. The van der Waals surface area contributed by atoms with Gasteiger partial charge in [-0.25, -0.2) is 9.18 Å². The van der Waals surface area contributed by atoms with Crippen LogP contribution in [0.5, 0.6) is 0 Å². The predicted molar refractivity (Wildman–Crippen MR) is 92.8 cm³/mol. The Bertz CT molecular complexity index is 671. The number of rotatable bonds is 5. The van der Waals surface area contributed by atoms with Crippen molar-refractivity contribution in [1.29, 1.82) is 0 Å². The molecule has 0 aliphatic carbocycles. The third-order valence-corrected chi connectivity index (χ3v) is 3.60. The molecule has 0 bridgehead atoms. The number of carbonyl (C=O) groups excluding carboxylic acids is 1. The van der Waals surface area contributed by atoms with Gasteiger partial charge >= 0.3 is 6.03 Å². The lowest BCUT2D eigenvalue weighted by atomic mass is 10.0. The Morgan fingerprint density at radius 2 is 1.65 bits per heavy atom.